The van der Waals surface area contributed by atoms with Crippen LogP contribution in [-0.2, 0) is 29.3 Å². The molecule has 0 atom stereocenters. The number of carbonyl (C=O) groups excluding carboxylic acids is 2. The molecular formula is C22H28F3N3O3. The third-order valence-corrected chi connectivity index (χ3v) is 4.97. The van der Waals surface area contributed by atoms with Crippen molar-refractivity contribution in [3.63, 3.8) is 0 Å². The van der Waals surface area contributed by atoms with Gasteiger partial charge in [-0.3, -0.25) is 9.59 Å². The molecule has 1 aromatic carbocycles. The smallest absolute Gasteiger partial charge is 0.383 e. The second-order valence-electron chi connectivity index (χ2n) is 7.52. The standard InChI is InChI=1S/C22H28F3N3O3/c1-16(2)28(21(30)17-7-9-18(10-8-17)22(23,24)25)15-20(29)27(12-13-31-4)14-19-6-5-11-26(19)3/h5-11,16H,12-15H2,1-4H3. The average molecular weight is 439 g/mol. The number of aryl methyl sites for hydroxylation is 1. The molecule has 0 saturated heterocycles. The summed E-state index contributed by atoms with van der Waals surface area (Å²) in [6.07, 6.45) is -2.60. The summed E-state index contributed by atoms with van der Waals surface area (Å²) >= 11 is 0. The molecule has 0 spiro atoms. The number of hydrogen-bond acceptors (Lipinski definition) is 3. The maximum absolute atomic E-state index is 13.0. The third-order valence-electron chi connectivity index (χ3n) is 4.97. The van der Waals surface area contributed by atoms with E-state index in [1.807, 2.05) is 29.9 Å². The molecule has 2 amide bonds. The van der Waals surface area contributed by atoms with E-state index in [0.29, 0.717) is 19.7 Å². The first-order chi connectivity index (χ1) is 14.5. The Labute approximate surface area is 180 Å². The Hall–Kier alpha value is -2.81. The number of halogens is 3. The molecule has 0 unspecified atom stereocenters. The fourth-order valence-corrected chi connectivity index (χ4v) is 3.05. The second-order valence-corrected chi connectivity index (χ2v) is 7.52. The van der Waals surface area contributed by atoms with Crippen molar-refractivity contribution in [1.29, 1.82) is 0 Å². The number of amides is 2. The van der Waals surface area contributed by atoms with Crippen molar-refractivity contribution in [3.8, 4) is 0 Å². The van der Waals surface area contributed by atoms with E-state index in [0.717, 1.165) is 30.0 Å². The fraction of sp³-hybridized carbons (Fsp3) is 0.455. The summed E-state index contributed by atoms with van der Waals surface area (Å²) in [6.45, 7) is 4.36. The van der Waals surface area contributed by atoms with E-state index in [2.05, 4.69) is 0 Å². The lowest BCUT2D eigenvalue weighted by Gasteiger charge is -2.30. The molecule has 0 radical (unpaired) electrons. The van der Waals surface area contributed by atoms with Crippen LogP contribution in [0.3, 0.4) is 0 Å². The Balaban J connectivity index is 2.18. The molecule has 6 nitrogen and oxygen atoms in total. The van der Waals surface area contributed by atoms with Crippen LogP contribution in [0.25, 0.3) is 0 Å². The van der Waals surface area contributed by atoms with Crippen molar-refractivity contribution in [1.82, 2.24) is 14.4 Å². The predicted octanol–water partition coefficient (Wildman–Crippen LogP) is 3.57. The summed E-state index contributed by atoms with van der Waals surface area (Å²) in [5, 5.41) is 0. The maximum atomic E-state index is 13.0. The monoisotopic (exact) mass is 439 g/mol. The third kappa shape index (κ3) is 6.58. The zero-order valence-electron chi connectivity index (χ0n) is 18.1. The van der Waals surface area contributed by atoms with Crippen LogP contribution >= 0.6 is 0 Å². The first-order valence-electron chi connectivity index (χ1n) is 9.89. The molecule has 1 heterocycles. The normalized spacial score (nSPS) is 11.6. The van der Waals surface area contributed by atoms with E-state index >= 15 is 0 Å². The minimum Gasteiger partial charge on any atom is -0.383 e. The first-order valence-corrected chi connectivity index (χ1v) is 9.89. The minimum atomic E-state index is -4.48. The quantitative estimate of drug-likeness (QED) is 0.600. The fourth-order valence-electron chi connectivity index (χ4n) is 3.05. The molecule has 2 rings (SSSR count). The lowest BCUT2D eigenvalue weighted by Crippen LogP contribution is -2.46. The van der Waals surface area contributed by atoms with Crippen LogP contribution in [0.2, 0.25) is 0 Å². The van der Waals surface area contributed by atoms with E-state index in [4.69, 9.17) is 4.74 Å². The maximum Gasteiger partial charge on any atom is 0.416 e. The highest BCUT2D eigenvalue weighted by Crippen LogP contribution is 2.29. The summed E-state index contributed by atoms with van der Waals surface area (Å²) in [6, 6.07) is 7.47. The zero-order chi connectivity index (χ0) is 23.2. The van der Waals surface area contributed by atoms with Crippen molar-refractivity contribution in [2.75, 3.05) is 26.8 Å². The number of aromatic nitrogens is 1. The highest BCUT2D eigenvalue weighted by atomic mass is 19.4. The van der Waals surface area contributed by atoms with Crippen LogP contribution in [0.1, 0.15) is 35.5 Å². The van der Waals surface area contributed by atoms with Crippen molar-refractivity contribution in [2.24, 2.45) is 7.05 Å². The Morgan fingerprint density at radius 2 is 1.77 bits per heavy atom. The van der Waals surface area contributed by atoms with E-state index < -0.39 is 17.6 Å². The highest BCUT2D eigenvalue weighted by molar-refractivity contribution is 5.96. The average Bonchev–Trinajstić information content (AvgIpc) is 3.12. The van der Waals surface area contributed by atoms with Gasteiger partial charge in [0.1, 0.15) is 6.54 Å². The number of rotatable bonds is 9. The van der Waals surface area contributed by atoms with Crippen LogP contribution in [0.15, 0.2) is 42.6 Å². The molecule has 0 aliphatic carbocycles. The van der Waals surface area contributed by atoms with Gasteiger partial charge in [-0.15, -0.1) is 0 Å². The Morgan fingerprint density at radius 1 is 1.13 bits per heavy atom. The number of hydrogen-bond donors (Lipinski definition) is 0. The van der Waals surface area contributed by atoms with Gasteiger partial charge in [-0.25, -0.2) is 0 Å². The molecule has 0 saturated carbocycles. The largest absolute Gasteiger partial charge is 0.416 e. The molecule has 9 heteroatoms. The van der Waals surface area contributed by atoms with Crippen molar-refractivity contribution in [3.05, 3.63) is 59.4 Å². The topological polar surface area (TPSA) is 54.8 Å². The highest BCUT2D eigenvalue weighted by Gasteiger charge is 2.31. The van der Waals surface area contributed by atoms with Crippen molar-refractivity contribution in [2.45, 2.75) is 32.6 Å². The molecule has 0 fully saturated rings. The number of nitrogens with zero attached hydrogens (tertiary/aromatic N) is 3. The SMILES string of the molecule is COCCN(Cc1cccn1C)C(=O)CN(C(=O)c1ccc(C(F)(F)F)cc1)C(C)C. The molecule has 2 aromatic rings. The molecule has 0 aliphatic heterocycles. The van der Waals surface area contributed by atoms with Gasteiger partial charge < -0.3 is 19.1 Å². The number of benzene rings is 1. The first kappa shape index (κ1) is 24.5. The Kier molecular flexibility index (Phi) is 8.27. The van der Waals surface area contributed by atoms with Crippen LogP contribution in [0, 0.1) is 0 Å². The second kappa shape index (κ2) is 10.5. The molecule has 0 N–H and O–H groups in total. The van der Waals surface area contributed by atoms with E-state index in [1.165, 1.54) is 4.90 Å². The molecule has 0 bridgehead atoms. The van der Waals surface area contributed by atoms with Gasteiger partial charge in [-0.1, -0.05) is 0 Å². The number of ether oxygens (including phenoxy) is 1. The van der Waals surface area contributed by atoms with Gasteiger partial charge in [0, 0.05) is 44.2 Å². The van der Waals surface area contributed by atoms with Crippen LogP contribution < -0.4 is 0 Å². The van der Waals surface area contributed by atoms with Gasteiger partial charge in [0.2, 0.25) is 5.91 Å². The Morgan fingerprint density at radius 3 is 2.26 bits per heavy atom. The van der Waals surface area contributed by atoms with Crippen LogP contribution in [0.4, 0.5) is 13.2 Å². The number of carbonyl (C=O) groups is 2. The number of alkyl halides is 3. The van der Waals surface area contributed by atoms with Crippen LogP contribution in [0.5, 0.6) is 0 Å². The summed E-state index contributed by atoms with van der Waals surface area (Å²) < 4.78 is 45.4. The Bertz CT molecular complexity index is 876. The van der Waals surface area contributed by atoms with Gasteiger partial charge in [-0.2, -0.15) is 13.2 Å². The summed E-state index contributed by atoms with van der Waals surface area (Å²) in [5.41, 5.74) is 0.194. The van der Waals surface area contributed by atoms with E-state index in [-0.39, 0.29) is 24.1 Å². The molecular weight excluding hydrogens is 411 g/mol. The van der Waals surface area contributed by atoms with Crippen molar-refractivity contribution < 1.29 is 27.5 Å². The zero-order valence-corrected chi connectivity index (χ0v) is 18.1. The predicted molar refractivity (Wildman–Crippen MR) is 110 cm³/mol. The van der Waals surface area contributed by atoms with E-state index in [1.54, 1.807) is 25.9 Å². The summed E-state index contributed by atoms with van der Waals surface area (Å²) in [5.74, 6) is -0.769. The summed E-state index contributed by atoms with van der Waals surface area (Å²) in [4.78, 5) is 28.9. The molecule has 31 heavy (non-hydrogen) atoms. The van der Waals surface area contributed by atoms with Crippen molar-refractivity contribution >= 4 is 11.8 Å². The van der Waals surface area contributed by atoms with Gasteiger partial charge >= 0.3 is 6.18 Å². The molecule has 1 aromatic heterocycles. The summed E-state index contributed by atoms with van der Waals surface area (Å²) in [7, 11) is 3.42. The lowest BCUT2D eigenvalue weighted by molar-refractivity contribution is -0.137. The molecule has 0 aliphatic rings. The lowest BCUT2D eigenvalue weighted by atomic mass is 10.1. The van der Waals surface area contributed by atoms with E-state index in [9.17, 15) is 22.8 Å². The minimum absolute atomic E-state index is 0.0976. The number of methoxy groups -OCH3 is 1. The van der Waals surface area contributed by atoms with Gasteiger partial charge in [0.25, 0.3) is 5.91 Å². The molecule has 170 valence electrons. The van der Waals surface area contributed by atoms with Gasteiger partial charge in [0.15, 0.2) is 0 Å². The van der Waals surface area contributed by atoms with Gasteiger partial charge in [0.05, 0.1) is 18.7 Å². The van der Waals surface area contributed by atoms with Gasteiger partial charge in [-0.05, 0) is 50.2 Å². The van der Waals surface area contributed by atoms with Crippen LogP contribution in [-0.4, -0.2) is 59.0 Å².